The number of nitrogens with two attached hydrogens (primary N) is 1. The van der Waals surface area contributed by atoms with Crippen LogP contribution < -0.4 is 15.8 Å². The van der Waals surface area contributed by atoms with E-state index in [2.05, 4.69) is 10.2 Å². The van der Waals surface area contributed by atoms with Crippen molar-refractivity contribution < 1.29 is 9.53 Å². The molecule has 3 N–H and O–H groups in total. The van der Waals surface area contributed by atoms with Crippen molar-refractivity contribution in [3.05, 3.63) is 29.8 Å². The highest BCUT2D eigenvalue weighted by Crippen LogP contribution is 2.12. The van der Waals surface area contributed by atoms with E-state index in [-0.39, 0.29) is 11.9 Å². The average molecular weight is 263 g/mol. The lowest BCUT2D eigenvalue weighted by atomic mass is 10.2. The van der Waals surface area contributed by atoms with E-state index in [1.54, 1.807) is 7.11 Å². The van der Waals surface area contributed by atoms with E-state index >= 15 is 0 Å². The summed E-state index contributed by atoms with van der Waals surface area (Å²) in [7, 11) is 1.63. The van der Waals surface area contributed by atoms with Crippen LogP contribution in [0.2, 0.25) is 0 Å². The topological polar surface area (TPSA) is 67.6 Å². The number of nitrogens with one attached hydrogen (secondary N) is 1. The maximum Gasteiger partial charge on any atom is 0.234 e. The highest BCUT2D eigenvalue weighted by Gasteiger charge is 2.20. The van der Waals surface area contributed by atoms with Gasteiger partial charge in [0.25, 0.3) is 0 Å². The van der Waals surface area contributed by atoms with Crippen molar-refractivity contribution in [2.45, 2.75) is 19.0 Å². The molecule has 1 aromatic carbocycles. The highest BCUT2D eigenvalue weighted by atomic mass is 16.5. The Morgan fingerprint density at radius 2 is 2.42 bits per heavy atom. The molecule has 0 radical (unpaired) electrons. The van der Waals surface area contributed by atoms with Gasteiger partial charge in [-0.1, -0.05) is 12.1 Å². The van der Waals surface area contributed by atoms with E-state index in [1.165, 1.54) is 0 Å². The lowest BCUT2D eigenvalue weighted by Crippen LogP contribution is -2.37. The number of methoxy groups -OCH3 is 1. The van der Waals surface area contributed by atoms with Gasteiger partial charge in [0, 0.05) is 25.7 Å². The Balaban J connectivity index is 1.76. The van der Waals surface area contributed by atoms with Gasteiger partial charge in [0.15, 0.2) is 0 Å². The molecular weight excluding hydrogens is 242 g/mol. The summed E-state index contributed by atoms with van der Waals surface area (Å²) in [6, 6.07) is 7.91. The van der Waals surface area contributed by atoms with Crippen LogP contribution >= 0.6 is 0 Å². The van der Waals surface area contributed by atoms with E-state index in [9.17, 15) is 4.79 Å². The molecule has 0 bridgehead atoms. The maximum atomic E-state index is 11.8. The summed E-state index contributed by atoms with van der Waals surface area (Å²) < 4.78 is 5.15. The SMILES string of the molecule is COc1cccc(CNC(=O)CN2CCC(N)C2)c1. The second-order valence-electron chi connectivity index (χ2n) is 4.91. The Bertz CT molecular complexity index is 436. The molecule has 0 aliphatic carbocycles. The molecule has 2 rings (SSSR count). The summed E-state index contributed by atoms with van der Waals surface area (Å²) in [4.78, 5) is 13.9. The number of likely N-dealkylation sites (tertiary alicyclic amines) is 1. The first-order valence-corrected chi connectivity index (χ1v) is 6.55. The number of nitrogens with zero attached hydrogens (tertiary/aromatic N) is 1. The lowest BCUT2D eigenvalue weighted by molar-refractivity contribution is -0.122. The number of rotatable bonds is 5. The number of ether oxygens (including phenoxy) is 1. The zero-order valence-corrected chi connectivity index (χ0v) is 11.3. The van der Waals surface area contributed by atoms with Crippen LogP contribution in [-0.4, -0.2) is 43.6 Å². The van der Waals surface area contributed by atoms with Crippen LogP contribution in [-0.2, 0) is 11.3 Å². The van der Waals surface area contributed by atoms with Gasteiger partial charge in [-0.05, 0) is 24.1 Å². The summed E-state index contributed by atoms with van der Waals surface area (Å²) in [6.45, 7) is 2.67. The third-order valence-corrected chi connectivity index (χ3v) is 3.30. The standard InChI is InChI=1S/C14H21N3O2/c1-19-13-4-2-3-11(7-13)8-16-14(18)10-17-6-5-12(15)9-17/h2-4,7,12H,5-6,8-10,15H2,1H3,(H,16,18). The molecule has 104 valence electrons. The van der Waals surface area contributed by atoms with E-state index < -0.39 is 0 Å². The molecule has 1 amide bonds. The Labute approximate surface area is 113 Å². The fourth-order valence-electron chi connectivity index (χ4n) is 2.25. The number of carbonyl (C=O) groups excluding carboxylic acids is 1. The second-order valence-corrected chi connectivity index (χ2v) is 4.91. The number of amides is 1. The predicted octanol–water partition coefficient (Wildman–Crippen LogP) is 0.344. The molecule has 0 aromatic heterocycles. The van der Waals surface area contributed by atoms with Gasteiger partial charge in [-0.3, -0.25) is 9.69 Å². The minimum atomic E-state index is 0.0388. The number of hydrogen-bond donors (Lipinski definition) is 2. The summed E-state index contributed by atoms with van der Waals surface area (Å²) in [5.41, 5.74) is 6.84. The molecular formula is C14H21N3O2. The van der Waals surface area contributed by atoms with Crippen molar-refractivity contribution in [3.63, 3.8) is 0 Å². The monoisotopic (exact) mass is 263 g/mol. The van der Waals surface area contributed by atoms with Gasteiger partial charge >= 0.3 is 0 Å². The van der Waals surface area contributed by atoms with E-state index in [0.29, 0.717) is 13.1 Å². The Morgan fingerprint density at radius 3 is 3.11 bits per heavy atom. The molecule has 1 aliphatic rings. The van der Waals surface area contributed by atoms with Crippen molar-refractivity contribution >= 4 is 5.91 Å². The first-order valence-electron chi connectivity index (χ1n) is 6.55. The van der Waals surface area contributed by atoms with Crippen LogP contribution in [0.1, 0.15) is 12.0 Å². The second kappa shape index (κ2) is 6.54. The Morgan fingerprint density at radius 1 is 1.58 bits per heavy atom. The van der Waals surface area contributed by atoms with Crippen LogP contribution in [0.5, 0.6) is 5.75 Å². The van der Waals surface area contributed by atoms with Gasteiger partial charge < -0.3 is 15.8 Å². The van der Waals surface area contributed by atoms with Crippen molar-refractivity contribution in [2.24, 2.45) is 5.73 Å². The minimum absolute atomic E-state index is 0.0388. The molecule has 0 spiro atoms. The number of carbonyl (C=O) groups is 1. The van der Waals surface area contributed by atoms with E-state index in [1.807, 2.05) is 24.3 Å². The molecule has 1 heterocycles. The lowest BCUT2D eigenvalue weighted by Gasteiger charge is -2.14. The molecule has 1 unspecified atom stereocenters. The fraction of sp³-hybridized carbons (Fsp3) is 0.500. The van der Waals surface area contributed by atoms with E-state index in [0.717, 1.165) is 30.8 Å². The van der Waals surface area contributed by atoms with Gasteiger partial charge in [-0.2, -0.15) is 0 Å². The summed E-state index contributed by atoms with van der Waals surface area (Å²) in [5.74, 6) is 0.842. The quantitative estimate of drug-likeness (QED) is 0.804. The van der Waals surface area contributed by atoms with Crippen molar-refractivity contribution in [3.8, 4) is 5.75 Å². The predicted molar refractivity (Wildman–Crippen MR) is 73.9 cm³/mol. The van der Waals surface area contributed by atoms with Crippen LogP contribution in [0.3, 0.4) is 0 Å². The average Bonchev–Trinajstić information content (AvgIpc) is 2.82. The van der Waals surface area contributed by atoms with Crippen LogP contribution in [0.4, 0.5) is 0 Å². The normalized spacial score (nSPS) is 19.4. The van der Waals surface area contributed by atoms with Crippen molar-refractivity contribution in [2.75, 3.05) is 26.7 Å². The van der Waals surface area contributed by atoms with Crippen LogP contribution in [0.15, 0.2) is 24.3 Å². The molecule has 5 nitrogen and oxygen atoms in total. The Kier molecular flexibility index (Phi) is 4.76. The molecule has 1 fully saturated rings. The smallest absolute Gasteiger partial charge is 0.234 e. The van der Waals surface area contributed by atoms with Crippen LogP contribution in [0, 0.1) is 0 Å². The third-order valence-electron chi connectivity index (χ3n) is 3.30. The van der Waals surface area contributed by atoms with E-state index in [4.69, 9.17) is 10.5 Å². The number of benzene rings is 1. The van der Waals surface area contributed by atoms with Gasteiger partial charge in [0.1, 0.15) is 5.75 Å². The van der Waals surface area contributed by atoms with Crippen molar-refractivity contribution in [1.29, 1.82) is 0 Å². The summed E-state index contributed by atoms with van der Waals surface area (Å²) in [5, 5.41) is 2.92. The molecule has 1 aromatic rings. The largest absolute Gasteiger partial charge is 0.497 e. The fourth-order valence-corrected chi connectivity index (χ4v) is 2.25. The van der Waals surface area contributed by atoms with Crippen LogP contribution in [0.25, 0.3) is 0 Å². The summed E-state index contributed by atoms with van der Waals surface area (Å²) in [6.07, 6.45) is 0.975. The molecule has 1 aliphatic heterocycles. The highest BCUT2D eigenvalue weighted by molar-refractivity contribution is 5.78. The molecule has 1 atom stereocenters. The van der Waals surface area contributed by atoms with Crippen molar-refractivity contribution in [1.82, 2.24) is 10.2 Å². The number of hydrogen-bond acceptors (Lipinski definition) is 4. The van der Waals surface area contributed by atoms with Gasteiger partial charge in [-0.15, -0.1) is 0 Å². The summed E-state index contributed by atoms with van der Waals surface area (Å²) >= 11 is 0. The maximum absolute atomic E-state index is 11.8. The van der Waals surface area contributed by atoms with Gasteiger partial charge in [-0.25, -0.2) is 0 Å². The molecule has 19 heavy (non-hydrogen) atoms. The zero-order chi connectivity index (χ0) is 13.7. The minimum Gasteiger partial charge on any atom is -0.497 e. The first-order chi connectivity index (χ1) is 9.17. The van der Waals surface area contributed by atoms with Gasteiger partial charge in [0.2, 0.25) is 5.91 Å². The molecule has 5 heteroatoms. The Hall–Kier alpha value is -1.59. The zero-order valence-electron chi connectivity index (χ0n) is 11.3. The molecule has 0 saturated carbocycles. The third kappa shape index (κ3) is 4.22. The first kappa shape index (κ1) is 13.8. The van der Waals surface area contributed by atoms with Gasteiger partial charge in [0.05, 0.1) is 13.7 Å². The molecule has 1 saturated heterocycles.